The highest BCUT2D eigenvalue weighted by molar-refractivity contribution is 5.93. The zero-order valence-corrected chi connectivity index (χ0v) is 17.6. The third kappa shape index (κ3) is 8.88. The maximum absolute atomic E-state index is 12.3. The number of benzene rings is 1. The molecule has 0 aliphatic carbocycles. The van der Waals surface area contributed by atoms with Gasteiger partial charge in [-0.25, -0.2) is 4.79 Å². The van der Waals surface area contributed by atoms with Gasteiger partial charge in [-0.05, 0) is 45.2 Å². The lowest BCUT2D eigenvalue weighted by molar-refractivity contribution is -0.121. The molecule has 0 saturated heterocycles. The lowest BCUT2D eigenvalue weighted by Crippen LogP contribution is -2.35. The van der Waals surface area contributed by atoms with E-state index < -0.39 is 11.7 Å². The molecule has 0 unspecified atom stereocenters. The molecule has 0 radical (unpaired) electrons. The smallest absolute Gasteiger partial charge is 0.407 e. The fourth-order valence-corrected chi connectivity index (χ4v) is 2.57. The zero-order valence-electron chi connectivity index (χ0n) is 17.6. The Morgan fingerprint density at radius 2 is 1.68 bits per heavy atom. The molecule has 0 aromatic heterocycles. The molecule has 1 aromatic rings. The van der Waals surface area contributed by atoms with Crippen molar-refractivity contribution in [3.8, 4) is 0 Å². The molecule has 28 heavy (non-hydrogen) atoms. The molecule has 0 heterocycles. The van der Waals surface area contributed by atoms with E-state index in [4.69, 9.17) is 4.74 Å². The first-order valence-corrected chi connectivity index (χ1v) is 9.78. The van der Waals surface area contributed by atoms with Crippen LogP contribution < -0.4 is 16.0 Å². The first kappa shape index (κ1) is 23.5. The number of alkyl carbamates (subject to hydrolysis) is 1. The highest BCUT2D eigenvalue weighted by atomic mass is 16.6. The maximum atomic E-state index is 12.3. The van der Waals surface area contributed by atoms with Crippen molar-refractivity contribution in [3.63, 3.8) is 0 Å². The van der Waals surface area contributed by atoms with Crippen LogP contribution in [0.15, 0.2) is 24.3 Å². The first-order chi connectivity index (χ1) is 13.2. The zero-order chi connectivity index (χ0) is 21.2. The van der Waals surface area contributed by atoms with E-state index in [2.05, 4.69) is 16.0 Å². The Labute approximate surface area is 167 Å². The average molecular weight is 392 g/mol. The maximum Gasteiger partial charge on any atom is 0.407 e. The second kappa shape index (κ2) is 11.3. The molecular formula is C21H33N3O4. The Kier molecular flexibility index (Phi) is 9.48. The average Bonchev–Trinajstić information content (AvgIpc) is 2.60. The number of para-hydroxylation sites is 1. The van der Waals surface area contributed by atoms with Crippen LogP contribution in [0.2, 0.25) is 0 Å². The molecule has 0 bridgehead atoms. The number of carbonyl (C=O) groups excluding carboxylic acids is 3. The molecule has 156 valence electrons. The van der Waals surface area contributed by atoms with Gasteiger partial charge in [0.05, 0.1) is 0 Å². The number of rotatable bonds is 9. The van der Waals surface area contributed by atoms with Crippen LogP contribution in [-0.2, 0) is 20.9 Å². The van der Waals surface area contributed by atoms with E-state index >= 15 is 0 Å². The normalized spacial score (nSPS) is 11.1. The molecule has 7 heteroatoms. The summed E-state index contributed by atoms with van der Waals surface area (Å²) in [6.45, 7) is 9.80. The second-order valence-corrected chi connectivity index (χ2v) is 7.62. The van der Waals surface area contributed by atoms with E-state index in [1.54, 1.807) is 20.8 Å². The molecule has 0 aliphatic heterocycles. The first-order valence-electron chi connectivity index (χ1n) is 9.78. The van der Waals surface area contributed by atoms with Gasteiger partial charge in [-0.15, -0.1) is 0 Å². The predicted molar refractivity (Wildman–Crippen MR) is 110 cm³/mol. The summed E-state index contributed by atoms with van der Waals surface area (Å²) in [7, 11) is 0. The topological polar surface area (TPSA) is 96.5 Å². The van der Waals surface area contributed by atoms with E-state index in [1.807, 2.05) is 38.1 Å². The standard InChI is InChI=1S/C21H33N3O4/c1-6-15(7-2)19(26)24-17-11-9-8-10-16(17)14-23-18(25)12-13-22-20(27)28-21(3,4)5/h8-11,15H,6-7,12-14H2,1-5H3,(H,22,27)(H,23,25)(H,24,26). The third-order valence-corrected chi connectivity index (χ3v) is 4.13. The van der Waals surface area contributed by atoms with Crippen molar-refractivity contribution in [2.75, 3.05) is 11.9 Å². The molecule has 0 saturated carbocycles. The van der Waals surface area contributed by atoms with Crippen LogP contribution in [0, 0.1) is 5.92 Å². The van der Waals surface area contributed by atoms with Crippen molar-refractivity contribution in [1.82, 2.24) is 10.6 Å². The fraction of sp³-hybridized carbons (Fsp3) is 0.571. The number of hydrogen-bond acceptors (Lipinski definition) is 4. The van der Waals surface area contributed by atoms with Crippen molar-refractivity contribution in [3.05, 3.63) is 29.8 Å². The van der Waals surface area contributed by atoms with Gasteiger partial charge in [0.25, 0.3) is 0 Å². The summed E-state index contributed by atoms with van der Waals surface area (Å²) in [6, 6.07) is 7.39. The summed E-state index contributed by atoms with van der Waals surface area (Å²) in [4.78, 5) is 35.9. The van der Waals surface area contributed by atoms with Crippen LogP contribution in [-0.4, -0.2) is 30.1 Å². The summed E-state index contributed by atoms with van der Waals surface area (Å²) in [5, 5.41) is 8.31. The summed E-state index contributed by atoms with van der Waals surface area (Å²) in [5.74, 6) is -0.232. The largest absolute Gasteiger partial charge is 0.444 e. The Hall–Kier alpha value is -2.57. The highest BCUT2D eigenvalue weighted by Gasteiger charge is 2.17. The van der Waals surface area contributed by atoms with Gasteiger partial charge in [0.15, 0.2) is 0 Å². The lowest BCUT2D eigenvalue weighted by Gasteiger charge is -2.19. The third-order valence-electron chi connectivity index (χ3n) is 4.13. The van der Waals surface area contributed by atoms with Gasteiger partial charge in [0.1, 0.15) is 5.60 Å². The van der Waals surface area contributed by atoms with Gasteiger partial charge in [-0.2, -0.15) is 0 Å². The molecule has 0 aliphatic rings. The number of hydrogen-bond donors (Lipinski definition) is 3. The number of nitrogens with one attached hydrogen (secondary N) is 3. The van der Waals surface area contributed by atoms with Crippen LogP contribution in [0.1, 0.15) is 59.4 Å². The Balaban J connectivity index is 2.49. The van der Waals surface area contributed by atoms with Gasteiger partial charge in [0, 0.05) is 31.1 Å². The van der Waals surface area contributed by atoms with Gasteiger partial charge in [0.2, 0.25) is 11.8 Å². The van der Waals surface area contributed by atoms with E-state index in [0.717, 1.165) is 18.4 Å². The Morgan fingerprint density at radius 1 is 1.04 bits per heavy atom. The minimum atomic E-state index is -0.574. The minimum absolute atomic E-state index is 0.00895. The monoisotopic (exact) mass is 391 g/mol. The molecule has 0 spiro atoms. The summed E-state index contributed by atoms with van der Waals surface area (Å²) < 4.78 is 5.12. The molecule has 1 rings (SSSR count). The SMILES string of the molecule is CCC(CC)C(=O)Nc1ccccc1CNC(=O)CCNC(=O)OC(C)(C)C. The molecule has 1 aromatic carbocycles. The van der Waals surface area contributed by atoms with E-state index in [9.17, 15) is 14.4 Å². The molecule has 0 fully saturated rings. The van der Waals surface area contributed by atoms with Crippen LogP contribution in [0.3, 0.4) is 0 Å². The van der Waals surface area contributed by atoms with E-state index in [-0.39, 0.29) is 30.7 Å². The Morgan fingerprint density at radius 3 is 2.29 bits per heavy atom. The van der Waals surface area contributed by atoms with Gasteiger partial charge < -0.3 is 20.7 Å². The second-order valence-electron chi connectivity index (χ2n) is 7.62. The lowest BCUT2D eigenvalue weighted by atomic mass is 10.0. The van der Waals surface area contributed by atoms with Crippen molar-refractivity contribution in [2.45, 2.75) is 66.0 Å². The fourth-order valence-electron chi connectivity index (χ4n) is 2.57. The molecule has 3 amide bonds. The molecule has 0 atom stereocenters. The van der Waals surface area contributed by atoms with Crippen LogP contribution in [0.4, 0.5) is 10.5 Å². The van der Waals surface area contributed by atoms with E-state index in [0.29, 0.717) is 12.2 Å². The molecule has 3 N–H and O–H groups in total. The van der Waals surface area contributed by atoms with Crippen LogP contribution in [0.25, 0.3) is 0 Å². The predicted octanol–water partition coefficient (Wildman–Crippen LogP) is 3.59. The molecule has 7 nitrogen and oxygen atoms in total. The number of amides is 3. The van der Waals surface area contributed by atoms with E-state index in [1.165, 1.54) is 0 Å². The number of ether oxygens (including phenoxy) is 1. The quantitative estimate of drug-likeness (QED) is 0.599. The van der Waals surface area contributed by atoms with Gasteiger partial charge in [-0.3, -0.25) is 9.59 Å². The van der Waals surface area contributed by atoms with Crippen LogP contribution in [0.5, 0.6) is 0 Å². The number of carbonyl (C=O) groups is 3. The minimum Gasteiger partial charge on any atom is -0.444 e. The molecular weight excluding hydrogens is 358 g/mol. The summed E-state index contributed by atoms with van der Waals surface area (Å²) in [5.41, 5.74) is 0.955. The number of anilines is 1. The highest BCUT2D eigenvalue weighted by Crippen LogP contribution is 2.18. The van der Waals surface area contributed by atoms with Crippen molar-refractivity contribution in [1.29, 1.82) is 0 Å². The Bertz CT molecular complexity index is 664. The summed E-state index contributed by atoms with van der Waals surface area (Å²) >= 11 is 0. The van der Waals surface area contributed by atoms with Crippen molar-refractivity contribution >= 4 is 23.6 Å². The van der Waals surface area contributed by atoms with Crippen molar-refractivity contribution in [2.24, 2.45) is 5.92 Å². The van der Waals surface area contributed by atoms with Gasteiger partial charge >= 0.3 is 6.09 Å². The van der Waals surface area contributed by atoms with Crippen molar-refractivity contribution < 1.29 is 19.1 Å². The van der Waals surface area contributed by atoms with Crippen LogP contribution >= 0.6 is 0 Å². The summed E-state index contributed by atoms with van der Waals surface area (Å²) in [6.07, 6.45) is 1.16. The van der Waals surface area contributed by atoms with Gasteiger partial charge in [-0.1, -0.05) is 32.0 Å².